The molecule has 4 aromatic rings. The molecular formula is C23H19ClN4O5. The number of nitrogens with zero attached hydrogens (tertiary/aromatic N) is 3. The van der Waals surface area contributed by atoms with E-state index in [9.17, 15) is 14.9 Å². The summed E-state index contributed by atoms with van der Waals surface area (Å²) in [5.74, 6) is 0.704. The molecule has 0 aliphatic rings. The Morgan fingerprint density at radius 3 is 2.82 bits per heavy atom. The molecule has 0 unspecified atom stereocenters. The Labute approximate surface area is 193 Å². The summed E-state index contributed by atoms with van der Waals surface area (Å²) in [6.07, 6.45) is 1.79. The first-order valence-electron chi connectivity index (χ1n) is 9.93. The van der Waals surface area contributed by atoms with Gasteiger partial charge in [0, 0.05) is 24.4 Å². The average Bonchev–Trinajstić information content (AvgIpc) is 3.42. The van der Waals surface area contributed by atoms with E-state index in [0.29, 0.717) is 18.1 Å². The summed E-state index contributed by atoms with van der Waals surface area (Å²) < 4.78 is 12.8. The number of non-ortho nitro benzene ring substituents is 1. The minimum absolute atomic E-state index is 0.00404. The lowest BCUT2D eigenvalue weighted by atomic mass is 10.1. The van der Waals surface area contributed by atoms with Crippen LogP contribution in [-0.2, 0) is 13.2 Å². The fraction of sp³-hybridized carbons (Fsp3) is 0.130. The highest BCUT2D eigenvalue weighted by atomic mass is 35.5. The third kappa shape index (κ3) is 5.58. The zero-order valence-electron chi connectivity index (χ0n) is 17.5. The molecule has 0 spiro atoms. The number of halogens is 1. The summed E-state index contributed by atoms with van der Waals surface area (Å²) in [7, 11) is 0. The minimum atomic E-state index is -0.543. The van der Waals surface area contributed by atoms with E-state index >= 15 is 0 Å². The predicted molar refractivity (Wildman–Crippen MR) is 122 cm³/mol. The number of nitro benzene ring substituents is 1. The number of aryl methyl sites for hydroxylation is 1. The number of benzene rings is 2. The molecule has 0 bridgehead atoms. The molecule has 1 amide bonds. The quantitative estimate of drug-likeness (QED) is 0.281. The van der Waals surface area contributed by atoms with Gasteiger partial charge in [0.1, 0.15) is 18.1 Å². The van der Waals surface area contributed by atoms with E-state index < -0.39 is 10.8 Å². The first kappa shape index (κ1) is 22.1. The van der Waals surface area contributed by atoms with Crippen LogP contribution < -0.4 is 10.1 Å². The normalized spacial score (nSPS) is 10.7. The van der Waals surface area contributed by atoms with Gasteiger partial charge in [-0.1, -0.05) is 41.4 Å². The Morgan fingerprint density at radius 1 is 1.21 bits per heavy atom. The van der Waals surface area contributed by atoms with E-state index in [-0.39, 0.29) is 28.8 Å². The molecule has 33 heavy (non-hydrogen) atoms. The molecule has 0 atom stereocenters. The number of aromatic nitrogens is 2. The highest BCUT2D eigenvalue weighted by Crippen LogP contribution is 2.29. The van der Waals surface area contributed by atoms with Gasteiger partial charge in [0.2, 0.25) is 0 Å². The summed E-state index contributed by atoms with van der Waals surface area (Å²) >= 11 is 6.01. The molecule has 168 valence electrons. The molecule has 10 heteroatoms. The molecule has 2 heterocycles. The van der Waals surface area contributed by atoms with Crippen LogP contribution in [0.1, 0.15) is 27.4 Å². The van der Waals surface area contributed by atoms with Gasteiger partial charge in [0.05, 0.1) is 16.5 Å². The topological polar surface area (TPSA) is 112 Å². The first-order chi connectivity index (χ1) is 15.9. The summed E-state index contributed by atoms with van der Waals surface area (Å²) in [6, 6.07) is 16.9. The molecule has 0 fully saturated rings. The van der Waals surface area contributed by atoms with Crippen LogP contribution in [0.25, 0.3) is 0 Å². The summed E-state index contributed by atoms with van der Waals surface area (Å²) in [4.78, 5) is 22.7. The van der Waals surface area contributed by atoms with Gasteiger partial charge >= 0.3 is 0 Å². The van der Waals surface area contributed by atoms with Crippen molar-refractivity contribution in [2.24, 2.45) is 0 Å². The van der Waals surface area contributed by atoms with E-state index in [1.165, 1.54) is 29.8 Å². The molecule has 9 nitrogen and oxygen atoms in total. The van der Waals surface area contributed by atoms with Crippen LogP contribution in [-0.4, -0.2) is 20.6 Å². The number of ether oxygens (including phenoxy) is 1. The summed E-state index contributed by atoms with van der Waals surface area (Å²) in [5, 5.41) is 18.0. The molecule has 1 N–H and O–H groups in total. The average molecular weight is 467 g/mol. The first-order valence-corrected chi connectivity index (χ1v) is 10.3. The van der Waals surface area contributed by atoms with Gasteiger partial charge < -0.3 is 14.5 Å². The number of anilines is 1. The van der Waals surface area contributed by atoms with Crippen molar-refractivity contribution in [2.75, 3.05) is 5.32 Å². The molecule has 4 rings (SSSR count). The van der Waals surface area contributed by atoms with Crippen molar-refractivity contribution in [1.82, 2.24) is 9.78 Å². The van der Waals surface area contributed by atoms with Crippen molar-refractivity contribution in [1.29, 1.82) is 0 Å². The summed E-state index contributed by atoms with van der Waals surface area (Å²) in [5.41, 5.74) is 2.15. The lowest BCUT2D eigenvalue weighted by molar-refractivity contribution is -0.384. The van der Waals surface area contributed by atoms with Crippen LogP contribution in [0, 0.1) is 17.0 Å². The molecule has 2 aromatic heterocycles. The SMILES string of the molecule is Cc1cccc(Cn2ccc(NC(=O)c3ccc(COc4ccc([N+](=O)[O-])cc4Cl)o3)n2)c1. The maximum absolute atomic E-state index is 12.5. The standard InChI is InChI=1S/C23H19ClN4O5/c1-15-3-2-4-16(11-15)13-27-10-9-22(26-27)25-23(29)21-8-6-18(33-21)14-32-20-7-5-17(28(30)31)12-19(20)24/h2-12H,13-14H2,1H3,(H,25,26,29). The van der Waals surface area contributed by atoms with E-state index in [1.807, 2.05) is 25.1 Å². The van der Waals surface area contributed by atoms with Gasteiger partial charge in [-0.15, -0.1) is 0 Å². The zero-order chi connectivity index (χ0) is 23.4. The van der Waals surface area contributed by atoms with Crippen LogP contribution in [0.3, 0.4) is 0 Å². The van der Waals surface area contributed by atoms with Gasteiger partial charge in [-0.05, 0) is 30.7 Å². The highest BCUT2D eigenvalue weighted by molar-refractivity contribution is 6.32. The molecule has 0 saturated heterocycles. The van der Waals surface area contributed by atoms with Gasteiger partial charge in [0.25, 0.3) is 11.6 Å². The number of rotatable bonds is 8. The fourth-order valence-electron chi connectivity index (χ4n) is 3.14. The van der Waals surface area contributed by atoms with Crippen molar-refractivity contribution >= 4 is 29.0 Å². The van der Waals surface area contributed by atoms with Crippen molar-refractivity contribution in [3.8, 4) is 5.75 Å². The minimum Gasteiger partial charge on any atom is -0.484 e. The second-order valence-electron chi connectivity index (χ2n) is 7.27. The van der Waals surface area contributed by atoms with E-state index in [2.05, 4.69) is 16.5 Å². The molecular weight excluding hydrogens is 448 g/mol. The Kier molecular flexibility index (Phi) is 6.41. The van der Waals surface area contributed by atoms with Gasteiger partial charge in [0.15, 0.2) is 11.6 Å². The van der Waals surface area contributed by atoms with E-state index in [1.54, 1.807) is 23.0 Å². The molecule has 0 saturated carbocycles. The Balaban J connectivity index is 1.34. The van der Waals surface area contributed by atoms with Crippen LogP contribution in [0.2, 0.25) is 5.02 Å². The van der Waals surface area contributed by atoms with Crippen LogP contribution in [0.5, 0.6) is 5.75 Å². The lowest BCUT2D eigenvalue weighted by Crippen LogP contribution is -2.12. The van der Waals surface area contributed by atoms with Gasteiger partial charge in [-0.2, -0.15) is 5.10 Å². The molecule has 0 aliphatic carbocycles. The summed E-state index contributed by atoms with van der Waals surface area (Å²) in [6.45, 7) is 2.61. The molecule has 0 radical (unpaired) electrons. The number of carbonyl (C=O) groups is 1. The Hall–Kier alpha value is -4.11. The smallest absolute Gasteiger partial charge is 0.292 e. The second kappa shape index (κ2) is 9.58. The van der Waals surface area contributed by atoms with Gasteiger partial charge in [-0.25, -0.2) is 0 Å². The van der Waals surface area contributed by atoms with Gasteiger partial charge in [-0.3, -0.25) is 19.6 Å². The van der Waals surface area contributed by atoms with Crippen molar-refractivity contribution in [3.05, 3.63) is 105 Å². The van der Waals surface area contributed by atoms with Crippen LogP contribution >= 0.6 is 11.6 Å². The van der Waals surface area contributed by atoms with Crippen molar-refractivity contribution < 1.29 is 18.9 Å². The second-order valence-corrected chi connectivity index (χ2v) is 7.68. The van der Waals surface area contributed by atoms with E-state index in [4.69, 9.17) is 20.8 Å². The number of furan rings is 1. The highest BCUT2D eigenvalue weighted by Gasteiger charge is 2.15. The molecule has 0 aliphatic heterocycles. The maximum Gasteiger partial charge on any atom is 0.292 e. The van der Waals surface area contributed by atoms with Crippen molar-refractivity contribution in [3.63, 3.8) is 0 Å². The zero-order valence-corrected chi connectivity index (χ0v) is 18.3. The van der Waals surface area contributed by atoms with Crippen LogP contribution in [0.15, 0.2) is 71.3 Å². The number of nitrogens with one attached hydrogen (secondary N) is 1. The number of hydrogen-bond acceptors (Lipinski definition) is 6. The predicted octanol–water partition coefficient (Wildman–Crippen LogP) is 5.23. The largest absolute Gasteiger partial charge is 0.484 e. The Bertz CT molecular complexity index is 1310. The Morgan fingerprint density at radius 2 is 2.06 bits per heavy atom. The third-order valence-electron chi connectivity index (χ3n) is 4.69. The van der Waals surface area contributed by atoms with Crippen LogP contribution in [0.4, 0.5) is 11.5 Å². The third-order valence-corrected chi connectivity index (χ3v) is 4.99. The number of amides is 1. The van der Waals surface area contributed by atoms with E-state index in [0.717, 1.165) is 5.56 Å². The lowest BCUT2D eigenvalue weighted by Gasteiger charge is -2.06. The monoisotopic (exact) mass is 466 g/mol. The fourth-order valence-corrected chi connectivity index (χ4v) is 3.37. The maximum atomic E-state index is 12.5. The number of hydrogen-bond donors (Lipinski definition) is 1. The number of carbonyl (C=O) groups excluding carboxylic acids is 1. The molecule has 2 aromatic carbocycles. The van der Waals surface area contributed by atoms with Crippen molar-refractivity contribution in [2.45, 2.75) is 20.1 Å². The number of nitro groups is 1.